The van der Waals surface area contributed by atoms with Crippen molar-refractivity contribution < 1.29 is 4.74 Å². The fraction of sp³-hybridized carbons (Fsp3) is 0.538. The molecule has 19 heavy (non-hydrogen) atoms. The van der Waals surface area contributed by atoms with E-state index in [0.29, 0.717) is 11.4 Å². The third-order valence-electron chi connectivity index (χ3n) is 2.90. The first-order chi connectivity index (χ1) is 9.08. The standard InChI is InChI=1S/C13H20N4OS/c1-10-4-5-11-12(14-10)17(13(19)15-11)7-9-18-8-6-16(2)3/h4-5H,6-9H2,1-3H3,(H,15,19). The molecule has 0 aliphatic rings. The van der Waals surface area contributed by atoms with Crippen molar-refractivity contribution in [2.45, 2.75) is 13.5 Å². The van der Waals surface area contributed by atoms with Crippen LogP contribution >= 0.6 is 12.2 Å². The Kier molecular flexibility index (Phi) is 4.68. The number of pyridine rings is 1. The molecule has 0 atom stereocenters. The summed E-state index contributed by atoms with van der Waals surface area (Å²) in [5, 5.41) is 0. The van der Waals surface area contributed by atoms with Crippen LogP contribution < -0.4 is 0 Å². The van der Waals surface area contributed by atoms with Crippen molar-refractivity contribution in [2.75, 3.05) is 33.9 Å². The van der Waals surface area contributed by atoms with Gasteiger partial charge >= 0.3 is 0 Å². The molecular weight excluding hydrogens is 260 g/mol. The van der Waals surface area contributed by atoms with Crippen molar-refractivity contribution in [2.24, 2.45) is 0 Å². The monoisotopic (exact) mass is 280 g/mol. The Hall–Kier alpha value is -1.24. The fourth-order valence-corrected chi connectivity index (χ4v) is 2.13. The van der Waals surface area contributed by atoms with Gasteiger partial charge in [-0.15, -0.1) is 0 Å². The van der Waals surface area contributed by atoms with E-state index in [9.17, 15) is 0 Å². The van der Waals surface area contributed by atoms with Crippen LogP contribution in [0.2, 0.25) is 0 Å². The molecular formula is C13H20N4OS. The van der Waals surface area contributed by atoms with Crippen molar-refractivity contribution >= 4 is 23.4 Å². The average molecular weight is 280 g/mol. The highest BCUT2D eigenvalue weighted by molar-refractivity contribution is 7.71. The van der Waals surface area contributed by atoms with E-state index in [4.69, 9.17) is 17.0 Å². The van der Waals surface area contributed by atoms with Gasteiger partial charge in [-0.1, -0.05) is 0 Å². The second-order valence-electron chi connectivity index (χ2n) is 4.82. The number of imidazole rings is 1. The Bertz CT molecular complexity index is 602. The number of aromatic nitrogens is 3. The maximum absolute atomic E-state index is 5.60. The molecule has 1 N–H and O–H groups in total. The normalized spacial score (nSPS) is 11.6. The van der Waals surface area contributed by atoms with Gasteiger partial charge in [0.1, 0.15) is 0 Å². The minimum atomic E-state index is 0.644. The molecule has 0 aromatic carbocycles. The first kappa shape index (κ1) is 14.2. The predicted molar refractivity (Wildman–Crippen MR) is 79.0 cm³/mol. The number of rotatable bonds is 6. The van der Waals surface area contributed by atoms with Crippen LogP contribution in [-0.4, -0.2) is 53.3 Å². The molecule has 6 heteroatoms. The molecule has 0 fully saturated rings. The van der Waals surface area contributed by atoms with Crippen LogP contribution in [0.25, 0.3) is 11.2 Å². The zero-order chi connectivity index (χ0) is 13.8. The van der Waals surface area contributed by atoms with Gasteiger partial charge in [0.25, 0.3) is 0 Å². The van der Waals surface area contributed by atoms with E-state index in [2.05, 4.69) is 14.9 Å². The number of nitrogens with one attached hydrogen (secondary N) is 1. The molecule has 0 bridgehead atoms. The maximum Gasteiger partial charge on any atom is 0.179 e. The number of nitrogens with zero attached hydrogens (tertiary/aromatic N) is 3. The zero-order valence-corrected chi connectivity index (χ0v) is 12.5. The Morgan fingerprint density at radius 3 is 2.89 bits per heavy atom. The number of fused-ring (bicyclic) bond motifs is 1. The van der Waals surface area contributed by atoms with Crippen molar-refractivity contribution in [1.29, 1.82) is 0 Å². The minimum absolute atomic E-state index is 0.644. The molecule has 0 unspecified atom stereocenters. The largest absolute Gasteiger partial charge is 0.378 e. The quantitative estimate of drug-likeness (QED) is 0.649. The number of aromatic amines is 1. The number of hydrogen-bond donors (Lipinski definition) is 1. The Balaban J connectivity index is 2.02. The van der Waals surface area contributed by atoms with E-state index in [0.717, 1.165) is 36.6 Å². The number of aryl methyl sites for hydroxylation is 1. The lowest BCUT2D eigenvalue weighted by molar-refractivity contribution is 0.111. The van der Waals surface area contributed by atoms with E-state index in [1.807, 2.05) is 37.7 Å². The summed E-state index contributed by atoms with van der Waals surface area (Å²) in [4.78, 5) is 9.79. The van der Waals surface area contributed by atoms with Crippen molar-refractivity contribution in [1.82, 2.24) is 19.4 Å². The van der Waals surface area contributed by atoms with E-state index in [-0.39, 0.29) is 0 Å². The highest BCUT2D eigenvalue weighted by Crippen LogP contribution is 2.12. The van der Waals surface area contributed by atoms with Gasteiger partial charge < -0.3 is 14.6 Å². The Morgan fingerprint density at radius 2 is 2.16 bits per heavy atom. The van der Waals surface area contributed by atoms with Gasteiger partial charge in [-0.05, 0) is 45.4 Å². The van der Waals surface area contributed by atoms with Gasteiger partial charge in [-0.25, -0.2) is 4.98 Å². The van der Waals surface area contributed by atoms with E-state index in [1.165, 1.54) is 0 Å². The summed E-state index contributed by atoms with van der Waals surface area (Å²) in [7, 11) is 4.07. The number of H-pyrrole nitrogens is 1. The predicted octanol–water partition coefficient (Wildman–Crippen LogP) is 1.98. The molecule has 2 heterocycles. The molecule has 104 valence electrons. The van der Waals surface area contributed by atoms with Crippen LogP contribution in [0, 0.1) is 11.7 Å². The van der Waals surface area contributed by atoms with Crippen LogP contribution in [0.3, 0.4) is 0 Å². The summed E-state index contributed by atoms with van der Waals surface area (Å²) < 4.78 is 8.29. The third kappa shape index (κ3) is 3.62. The molecule has 2 aromatic heterocycles. The summed E-state index contributed by atoms with van der Waals surface area (Å²) in [5.41, 5.74) is 2.87. The Labute approximate surface area is 118 Å². The second kappa shape index (κ2) is 6.27. The average Bonchev–Trinajstić information content (AvgIpc) is 2.65. The van der Waals surface area contributed by atoms with Gasteiger partial charge in [0.15, 0.2) is 10.4 Å². The molecule has 0 amide bonds. The highest BCUT2D eigenvalue weighted by atomic mass is 32.1. The van der Waals surface area contributed by atoms with Crippen LogP contribution in [0.15, 0.2) is 12.1 Å². The van der Waals surface area contributed by atoms with Crippen LogP contribution in [-0.2, 0) is 11.3 Å². The summed E-state index contributed by atoms with van der Waals surface area (Å²) in [5.74, 6) is 0. The maximum atomic E-state index is 5.60. The van der Waals surface area contributed by atoms with Crippen LogP contribution in [0.1, 0.15) is 5.69 Å². The summed E-state index contributed by atoms with van der Waals surface area (Å²) in [6, 6.07) is 3.99. The summed E-state index contributed by atoms with van der Waals surface area (Å²) in [6.45, 7) is 5.01. The van der Waals surface area contributed by atoms with E-state index in [1.54, 1.807) is 0 Å². The van der Waals surface area contributed by atoms with E-state index < -0.39 is 0 Å². The molecule has 0 aliphatic heterocycles. The highest BCUT2D eigenvalue weighted by Gasteiger charge is 2.05. The number of likely N-dealkylation sites (N-methyl/N-ethyl adjacent to an activating group) is 1. The molecule has 2 rings (SSSR count). The topological polar surface area (TPSA) is 46.1 Å². The molecule has 5 nitrogen and oxygen atoms in total. The van der Waals surface area contributed by atoms with E-state index >= 15 is 0 Å². The number of hydrogen-bond acceptors (Lipinski definition) is 4. The lowest BCUT2D eigenvalue weighted by atomic mass is 10.3. The molecule has 0 spiro atoms. The minimum Gasteiger partial charge on any atom is -0.378 e. The smallest absolute Gasteiger partial charge is 0.179 e. The summed E-state index contributed by atoms with van der Waals surface area (Å²) in [6.07, 6.45) is 0. The van der Waals surface area contributed by atoms with Gasteiger partial charge in [0.05, 0.1) is 25.3 Å². The third-order valence-corrected chi connectivity index (χ3v) is 3.22. The Morgan fingerprint density at radius 1 is 1.37 bits per heavy atom. The molecule has 0 saturated heterocycles. The van der Waals surface area contributed by atoms with Crippen LogP contribution in [0.5, 0.6) is 0 Å². The van der Waals surface area contributed by atoms with Crippen molar-refractivity contribution in [3.05, 3.63) is 22.6 Å². The molecule has 0 saturated carbocycles. The lowest BCUT2D eigenvalue weighted by Crippen LogP contribution is -2.19. The lowest BCUT2D eigenvalue weighted by Gasteiger charge is -2.10. The van der Waals surface area contributed by atoms with Crippen molar-refractivity contribution in [3.8, 4) is 0 Å². The van der Waals surface area contributed by atoms with Gasteiger partial charge in [0.2, 0.25) is 0 Å². The fourth-order valence-electron chi connectivity index (χ4n) is 1.84. The summed E-state index contributed by atoms with van der Waals surface area (Å²) >= 11 is 5.32. The molecule has 0 aliphatic carbocycles. The SMILES string of the molecule is Cc1ccc2[nH]c(=S)n(CCOCCN(C)C)c2n1. The number of ether oxygens (including phenoxy) is 1. The second-order valence-corrected chi connectivity index (χ2v) is 5.21. The van der Waals surface area contributed by atoms with Gasteiger partial charge in [-0.2, -0.15) is 0 Å². The first-order valence-corrected chi connectivity index (χ1v) is 6.77. The van der Waals surface area contributed by atoms with Gasteiger partial charge in [-0.3, -0.25) is 4.57 Å². The zero-order valence-electron chi connectivity index (χ0n) is 11.6. The molecule has 2 aromatic rings. The van der Waals surface area contributed by atoms with Crippen molar-refractivity contribution in [3.63, 3.8) is 0 Å². The van der Waals surface area contributed by atoms with Crippen LogP contribution in [0.4, 0.5) is 0 Å². The van der Waals surface area contributed by atoms with Gasteiger partial charge in [0, 0.05) is 12.2 Å². The first-order valence-electron chi connectivity index (χ1n) is 6.36. The molecule has 0 radical (unpaired) electrons.